The molecule has 0 radical (unpaired) electrons. The average Bonchev–Trinajstić information content (AvgIpc) is 3.40. The van der Waals surface area contributed by atoms with Gasteiger partial charge in [-0.15, -0.1) is 11.8 Å². The van der Waals surface area contributed by atoms with Crippen molar-refractivity contribution in [2.45, 2.75) is 57.6 Å². The summed E-state index contributed by atoms with van der Waals surface area (Å²) in [6.45, 7) is 6.33. The van der Waals surface area contributed by atoms with Gasteiger partial charge < -0.3 is 26.0 Å². The number of pyridine rings is 1. The number of carbonyl (C=O) groups is 3. The number of anilines is 1. The molecule has 1 fully saturated rings. The van der Waals surface area contributed by atoms with E-state index in [2.05, 4.69) is 15.6 Å². The zero-order chi connectivity index (χ0) is 29.4. The fraction of sp³-hybridized carbons (Fsp3) is 0.481. The molecule has 0 bridgehead atoms. The summed E-state index contributed by atoms with van der Waals surface area (Å²) in [4.78, 5) is 43.7. The number of rotatable bonds is 12. The van der Waals surface area contributed by atoms with Crippen molar-refractivity contribution in [2.24, 2.45) is 11.7 Å². The summed E-state index contributed by atoms with van der Waals surface area (Å²) in [6.07, 6.45) is 1.22. The SMILES string of the molecule is CCOC(=O)[C@H](Nc1ccc(CNC(=O)[C@@H]2SCCN2C(=O)C[C@H](N)Cc2cc(F)c(F)cc2F)cn1)C(C)C. The Kier molecular flexibility index (Phi) is 11.2. The summed E-state index contributed by atoms with van der Waals surface area (Å²) >= 11 is 1.31. The summed E-state index contributed by atoms with van der Waals surface area (Å²) in [6, 6.07) is 3.25. The minimum atomic E-state index is -1.30. The third kappa shape index (κ3) is 8.34. The van der Waals surface area contributed by atoms with Gasteiger partial charge in [0.1, 0.15) is 17.7 Å². The predicted octanol–water partition coefficient (Wildman–Crippen LogP) is 2.98. The molecule has 1 aliphatic heterocycles. The van der Waals surface area contributed by atoms with Gasteiger partial charge in [-0.1, -0.05) is 19.9 Å². The van der Waals surface area contributed by atoms with Crippen molar-refractivity contribution in [2.75, 3.05) is 24.2 Å². The van der Waals surface area contributed by atoms with Gasteiger partial charge in [-0.2, -0.15) is 0 Å². The molecule has 0 unspecified atom stereocenters. The highest BCUT2D eigenvalue weighted by Gasteiger charge is 2.35. The van der Waals surface area contributed by atoms with Crippen LogP contribution in [-0.4, -0.2) is 64.0 Å². The fourth-order valence-electron chi connectivity index (χ4n) is 4.14. The van der Waals surface area contributed by atoms with Crippen LogP contribution in [0.25, 0.3) is 0 Å². The van der Waals surface area contributed by atoms with E-state index >= 15 is 0 Å². The van der Waals surface area contributed by atoms with Crippen LogP contribution in [0.1, 0.15) is 38.3 Å². The number of nitrogens with zero attached hydrogens (tertiary/aromatic N) is 2. The molecule has 2 heterocycles. The van der Waals surface area contributed by atoms with E-state index in [1.54, 1.807) is 25.3 Å². The number of hydrogen-bond donors (Lipinski definition) is 3. The first-order valence-corrected chi connectivity index (χ1v) is 14.0. The minimum Gasteiger partial charge on any atom is -0.464 e. The van der Waals surface area contributed by atoms with Crippen molar-refractivity contribution in [3.8, 4) is 0 Å². The normalized spacial score (nSPS) is 16.5. The number of halogens is 3. The third-order valence-corrected chi connectivity index (χ3v) is 7.45. The molecule has 1 saturated heterocycles. The van der Waals surface area contributed by atoms with Gasteiger partial charge in [0.2, 0.25) is 5.91 Å². The number of carbonyl (C=O) groups excluding carboxylic acids is 3. The molecule has 1 aromatic heterocycles. The first kappa shape index (κ1) is 31.2. The smallest absolute Gasteiger partial charge is 0.328 e. The van der Waals surface area contributed by atoms with Crippen LogP contribution < -0.4 is 16.4 Å². The van der Waals surface area contributed by atoms with Crippen molar-refractivity contribution in [3.05, 3.63) is 59.0 Å². The number of nitrogens with one attached hydrogen (secondary N) is 2. The molecule has 3 rings (SSSR count). The van der Waals surface area contributed by atoms with Crippen LogP contribution in [0, 0.1) is 23.4 Å². The number of benzene rings is 1. The molecule has 3 atom stereocenters. The molecule has 2 amide bonds. The highest BCUT2D eigenvalue weighted by Crippen LogP contribution is 2.25. The lowest BCUT2D eigenvalue weighted by atomic mass is 10.0. The number of esters is 1. The van der Waals surface area contributed by atoms with Crippen molar-refractivity contribution in [1.29, 1.82) is 0 Å². The molecule has 218 valence electrons. The Bertz CT molecular complexity index is 1200. The lowest BCUT2D eigenvalue weighted by Gasteiger charge is -2.24. The van der Waals surface area contributed by atoms with Crippen molar-refractivity contribution >= 4 is 35.4 Å². The predicted molar refractivity (Wildman–Crippen MR) is 146 cm³/mol. The van der Waals surface area contributed by atoms with Crippen LogP contribution in [0.2, 0.25) is 0 Å². The van der Waals surface area contributed by atoms with E-state index < -0.39 is 34.9 Å². The molecule has 2 aromatic rings. The molecule has 0 aliphatic carbocycles. The number of hydrogen-bond acceptors (Lipinski definition) is 8. The van der Waals surface area contributed by atoms with Gasteiger partial charge >= 0.3 is 5.97 Å². The number of nitrogens with two attached hydrogens (primary N) is 1. The molecule has 0 saturated carbocycles. The maximum Gasteiger partial charge on any atom is 0.328 e. The van der Waals surface area contributed by atoms with Crippen LogP contribution in [0.4, 0.5) is 19.0 Å². The second-order valence-electron chi connectivity index (χ2n) is 9.72. The number of aromatic nitrogens is 1. The fourth-order valence-corrected chi connectivity index (χ4v) is 5.30. The van der Waals surface area contributed by atoms with Crippen LogP contribution in [0.5, 0.6) is 0 Å². The Labute approximate surface area is 235 Å². The highest BCUT2D eigenvalue weighted by atomic mass is 32.2. The largest absolute Gasteiger partial charge is 0.464 e. The second kappa shape index (κ2) is 14.4. The summed E-state index contributed by atoms with van der Waals surface area (Å²) in [5, 5.41) is 5.12. The van der Waals surface area contributed by atoms with E-state index in [0.717, 1.165) is 6.07 Å². The summed E-state index contributed by atoms with van der Waals surface area (Å²) in [5.74, 6) is -3.52. The van der Waals surface area contributed by atoms with Crippen molar-refractivity contribution in [1.82, 2.24) is 15.2 Å². The van der Waals surface area contributed by atoms with Crippen LogP contribution >= 0.6 is 11.8 Å². The average molecular weight is 582 g/mol. The van der Waals surface area contributed by atoms with E-state index in [0.29, 0.717) is 29.7 Å². The Morgan fingerprint density at radius 3 is 2.55 bits per heavy atom. The van der Waals surface area contributed by atoms with Gasteiger partial charge in [-0.05, 0) is 42.5 Å². The maximum absolute atomic E-state index is 14.0. The molecule has 4 N–H and O–H groups in total. The number of ether oxygens (including phenoxy) is 1. The van der Waals surface area contributed by atoms with E-state index in [4.69, 9.17) is 10.5 Å². The lowest BCUT2D eigenvalue weighted by molar-refractivity contribution is -0.145. The maximum atomic E-state index is 14.0. The van der Waals surface area contributed by atoms with Crippen LogP contribution in [0.3, 0.4) is 0 Å². The Morgan fingerprint density at radius 1 is 1.18 bits per heavy atom. The molecule has 1 aliphatic rings. The zero-order valence-electron chi connectivity index (χ0n) is 22.6. The number of thioether (sulfide) groups is 1. The molecule has 13 heteroatoms. The van der Waals surface area contributed by atoms with E-state index in [-0.39, 0.29) is 55.3 Å². The second-order valence-corrected chi connectivity index (χ2v) is 10.9. The summed E-state index contributed by atoms with van der Waals surface area (Å²) in [7, 11) is 0. The summed E-state index contributed by atoms with van der Waals surface area (Å²) < 4.78 is 45.7. The van der Waals surface area contributed by atoms with Gasteiger partial charge in [0.25, 0.3) is 5.91 Å². The molecular formula is C27H34F3N5O4S. The first-order valence-electron chi connectivity index (χ1n) is 13.0. The first-order chi connectivity index (χ1) is 19.0. The summed E-state index contributed by atoms with van der Waals surface area (Å²) in [5.41, 5.74) is 6.59. The van der Waals surface area contributed by atoms with Gasteiger partial charge in [0.15, 0.2) is 17.0 Å². The Balaban J connectivity index is 1.52. The van der Waals surface area contributed by atoms with E-state index in [1.807, 2.05) is 13.8 Å². The molecular weight excluding hydrogens is 547 g/mol. The molecule has 40 heavy (non-hydrogen) atoms. The Hall–Kier alpha value is -3.32. The van der Waals surface area contributed by atoms with E-state index in [9.17, 15) is 27.6 Å². The van der Waals surface area contributed by atoms with Gasteiger partial charge in [0, 0.05) is 43.6 Å². The Morgan fingerprint density at radius 2 is 1.90 bits per heavy atom. The molecule has 0 spiro atoms. The van der Waals surface area contributed by atoms with Gasteiger partial charge in [0.05, 0.1) is 6.61 Å². The van der Waals surface area contributed by atoms with Crippen LogP contribution in [-0.2, 0) is 32.1 Å². The quantitative estimate of drug-likeness (QED) is 0.258. The highest BCUT2D eigenvalue weighted by molar-refractivity contribution is 8.00. The monoisotopic (exact) mass is 581 g/mol. The lowest BCUT2D eigenvalue weighted by Crippen LogP contribution is -2.46. The molecule has 9 nitrogen and oxygen atoms in total. The zero-order valence-corrected chi connectivity index (χ0v) is 23.4. The van der Waals surface area contributed by atoms with Gasteiger partial charge in [-0.3, -0.25) is 9.59 Å². The molecule has 1 aromatic carbocycles. The standard InChI is InChI=1S/C27H34F3N5O4S/c1-4-39-27(38)24(15(2)3)34-22-6-5-16(13-32-22)14-33-25(37)26-35(7-8-40-26)23(36)11-18(31)9-17-10-20(29)21(30)12-19(17)28/h5-6,10,12-13,15,18,24,26H,4,7-9,11,14,31H2,1-3H3,(H,32,34)(H,33,37)/t18-,24-,26+/m1/s1. The number of amides is 2. The topological polar surface area (TPSA) is 127 Å². The van der Waals surface area contributed by atoms with Crippen molar-refractivity contribution < 1.29 is 32.3 Å². The van der Waals surface area contributed by atoms with Crippen LogP contribution in [0.15, 0.2) is 30.5 Å². The van der Waals surface area contributed by atoms with Gasteiger partial charge in [-0.25, -0.2) is 22.9 Å². The minimum absolute atomic E-state index is 0.0176. The van der Waals surface area contributed by atoms with E-state index in [1.165, 1.54) is 16.7 Å². The van der Waals surface area contributed by atoms with Crippen molar-refractivity contribution in [3.63, 3.8) is 0 Å². The third-order valence-electron chi connectivity index (χ3n) is 6.25.